The molecule has 0 saturated carbocycles. The van der Waals surface area contributed by atoms with E-state index >= 15 is 0 Å². The normalized spacial score (nSPS) is 10.7. The van der Waals surface area contributed by atoms with Crippen LogP contribution in [0.2, 0.25) is 10.0 Å². The van der Waals surface area contributed by atoms with Crippen LogP contribution in [0.4, 0.5) is 5.69 Å². The van der Waals surface area contributed by atoms with Crippen molar-refractivity contribution in [3.63, 3.8) is 0 Å². The second-order valence-corrected chi connectivity index (χ2v) is 6.61. The maximum atomic E-state index is 12.6. The number of amides is 1. The molecule has 1 N–H and O–H groups in total. The number of rotatable bonds is 4. The van der Waals surface area contributed by atoms with Crippen LogP contribution in [0.1, 0.15) is 27.3 Å². The topological polar surface area (TPSA) is 46.9 Å². The third-order valence-corrected chi connectivity index (χ3v) is 4.53. The molecule has 3 rings (SSSR count). The first-order valence-electron chi connectivity index (χ1n) is 7.80. The molecule has 0 saturated heterocycles. The van der Waals surface area contributed by atoms with Gasteiger partial charge in [-0.1, -0.05) is 53.5 Å². The highest BCUT2D eigenvalue weighted by Gasteiger charge is 2.17. The summed E-state index contributed by atoms with van der Waals surface area (Å²) < 4.78 is 1.87. The second kappa shape index (κ2) is 7.30. The average molecular weight is 374 g/mol. The summed E-state index contributed by atoms with van der Waals surface area (Å²) in [4.78, 5) is 12.6. The number of nitrogens with zero attached hydrogens (tertiary/aromatic N) is 2. The molecule has 0 radical (unpaired) electrons. The minimum absolute atomic E-state index is 0.307. The predicted molar refractivity (Wildman–Crippen MR) is 102 cm³/mol. The number of anilines is 1. The van der Waals surface area contributed by atoms with E-state index in [2.05, 4.69) is 10.4 Å². The molecule has 1 heterocycles. The van der Waals surface area contributed by atoms with E-state index in [1.54, 1.807) is 18.2 Å². The van der Waals surface area contributed by atoms with Crippen LogP contribution in [0.25, 0.3) is 0 Å². The molecule has 4 nitrogen and oxygen atoms in total. The summed E-state index contributed by atoms with van der Waals surface area (Å²) in [5.41, 5.74) is 3.80. The highest BCUT2D eigenvalue weighted by atomic mass is 35.5. The highest BCUT2D eigenvalue weighted by Crippen LogP contribution is 2.25. The van der Waals surface area contributed by atoms with Crippen LogP contribution in [0.5, 0.6) is 0 Å². The molecule has 6 heteroatoms. The third kappa shape index (κ3) is 3.86. The Bertz CT molecular complexity index is 920. The summed E-state index contributed by atoms with van der Waals surface area (Å²) in [5.74, 6) is -0.307. The van der Waals surface area contributed by atoms with E-state index in [-0.39, 0.29) is 5.91 Å². The fourth-order valence-corrected chi connectivity index (χ4v) is 3.02. The smallest absolute Gasteiger partial charge is 0.257 e. The molecule has 1 amide bonds. The number of halogens is 2. The zero-order chi connectivity index (χ0) is 18.0. The summed E-state index contributed by atoms with van der Waals surface area (Å²) in [6.07, 6.45) is 0. The quantitative estimate of drug-likeness (QED) is 0.690. The van der Waals surface area contributed by atoms with E-state index < -0.39 is 0 Å². The summed E-state index contributed by atoms with van der Waals surface area (Å²) in [6.45, 7) is 4.43. The molecule has 128 valence electrons. The van der Waals surface area contributed by atoms with Gasteiger partial charge >= 0.3 is 0 Å². The lowest BCUT2D eigenvalue weighted by Gasteiger charge is -2.09. The van der Waals surface area contributed by atoms with Gasteiger partial charge in [-0.3, -0.25) is 9.48 Å². The zero-order valence-corrected chi connectivity index (χ0v) is 15.4. The van der Waals surface area contributed by atoms with Crippen molar-refractivity contribution in [3.8, 4) is 0 Å². The van der Waals surface area contributed by atoms with Crippen molar-refractivity contribution < 1.29 is 4.79 Å². The minimum atomic E-state index is -0.307. The van der Waals surface area contributed by atoms with Gasteiger partial charge < -0.3 is 5.32 Å². The largest absolute Gasteiger partial charge is 0.319 e. The summed E-state index contributed by atoms with van der Waals surface area (Å²) >= 11 is 12.1. The molecule has 0 aliphatic rings. The Labute approximate surface area is 156 Å². The zero-order valence-electron chi connectivity index (χ0n) is 13.9. The van der Waals surface area contributed by atoms with Gasteiger partial charge in [0.25, 0.3) is 5.91 Å². The van der Waals surface area contributed by atoms with E-state index in [4.69, 9.17) is 23.2 Å². The highest BCUT2D eigenvalue weighted by molar-refractivity contribution is 6.36. The molecule has 25 heavy (non-hydrogen) atoms. The van der Waals surface area contributed by atoms with Crippen molar-refractivity contribution in [3.05, 3.63) is 81.1 Å². The van der Waals surface area contributed by atoms with E-state index in [0.29, 0.717) is 27.8 Å². The fourth-order valence-electron chi connectivity index (χ4n) is 2.64. The number of aryl methyl sites for hydroxylation is 1. The first-order valence-corrected chi connectivity index (χ1v) is 8.55. The van der Waals surface area contributed by atoms with E-state index in [0.717, 1.165) is 17.0 Å². The molecular formula is C19H17Cl2N3O. The van der Waals surface area contributed by atoms with Crippen molar-refractivity contribution in [2.45, 2.75) is 20.4 Å². The third-order valence-electron chi connectivity index (χ3n) is 3.97. The Morgan fingerprint density at radius 3 is 2.56 bits per heavy atom. The Morgan fingerprint density at radius 1 is 1.12 bits per heavy atom. The molecule has 0 fully saturated rings. The molecular weight excluding hydrogens is 357 g/mol. The van der Waals surface area contributed by atoms with Crippen LogP contribution in [0.3, 0.4) is 0 Å². The molecule has 3 aromatic rings. The number of carbonyl (C=O) groups is 1. The van der Waals surface area contributed by atoms with Gasteiger partial charge in [-0.15, -0.1) is 0 Å². The SMILES string of the molecule is Cc1nn(Cc2ccccc2)c(C)c1NC(=O)c1cc(Cl)ccc1Cl. The number of nitrogens with one attached hydrogen (secondary N) is 1. The van der Waals surface area contributed by atoms with Crippen LogP contribution in [-0.4, -0.2) is 15.7 Å². The van der Waals surface area contributed by atoms with Crippen molar-refractivity contribution >= 4 is 34.8 Å². The van der Waals surface area contributed by atoms with Crippen molar-refractivity contribution in [2.75, 3.05) is 5.32 Å². The second-order valence-electron chi connectivity index (χ2n) is 5.77. The van der Waals surface area contributed by atoms with Crippen LogP contribution < -0.4 is 5.32 Å². The maximum absolute atomic E-state index is 12.6. The van der Waals surface area contributed by atoms with Gasteiger partial charge in [0.05, 0.1) is 34.2 Å². The van der Waals surface area contributed by atoms with E-state index in [1.165, 1.54) is 0 Å². The van der Waals surface area contributed by atoms with E-state index in [9.17, 15) is 4.79 Å². The first-order chi connectivity index (χ1) is 12.0. The monoisotopic (exact) mass is 373 g/mol. The minimum Gasteiger partial charge on any atom is -0.319 e. The molecule has 0 unspecified atom stereocenters. The molecule has 0 atom stereocenters. The maximum Gasteiger partial charge on any atom is 0.257 e. The summed E-state index contributed by atoms with van der Waals surface area (Å²) in [6, 6.07) is 14.9. The molecule has 0 spiro atoms. The van der Waals surface area contributed by atoms with Crippen LogP contribution in [0, 0.1) is 13.8 Å². The van der Waals surface area contributed by atoms with Crippen molar-refractivity contribution in [1.82, 2.24) is 9.78 Å². The van der Waals surface area contributed by atoms with Gasteiger partial charge in [-0.25, -0.2) is 0 Å². The van der Waals surface area contributed by atoms with E-state index in [1.807, 2.05) is 48.9 Å². The molecule has 0 aliphatic heterocycles. The number of aromatic nitrogens is 2. The van der Waals surface area contributed by atoms with Crippen molar-refractivity contribution in [1.29, 1.82) is 0 Å². The Kier molecular flexibility index (Phi) is 5.11. The average Bonchev–Trinajstić information content (AvgIpc) is 2.85. The van der Waals surface area contributed by atoms with Gasteiger partial charge in [0.15, 0.2) is 0 Å². The lowest BCUT2D eigenvalue weighted by Crippen LogP contribution is -2.14. The fraction of sp³-hybridized carbons (Fsp3) is 0.158. The number of hydrogen-bond donors (Lipinski definition) is 1. The number of benzene rings is 2. The Morgan fingerprint density at radius 2 is 1.84 bits per heavy atom. The molecule has 1 aromatic heterocycles. The number of carbonyl (C=O) groups excluding carboxylic acids is 1. The standard InChI is InChI=1S/C19H17Cl2N3O/c1-12-18(22-19(25)16-10-15(20)8-9-17(16)21)13(2)24(23-12)11-14-6-4-3-5-7-14/h3-10H,11H2,1-2H3,(H,22,25). The van der Waals surface area contributed by atoms with Crippen LogP contribution in [0.15, 0.2) is 48.5 Å². The molecule has 2 aromatic carbocycles. The van der Waals surface area contributed by atoms with Gasteiger partial charge in [-0.05, 0) is 37.6 Å². The predicted octanol–water partition coefficient (Wildman–Crippen LogP) is 5.11. The summed E-state index contributed by atoms with van der Waals surface area (Å²) in [5, 5.41) is 8.26. The molecule has 0 bridgehead atoms. The van der Waals surface area contributed by atoms with Crippen molar-refractivity contribution in [2.24, 2.45) is 0 Å². The van der Waals surface area contributed by atoms with Gasteiger partial charge in [-0.2, -0.15) is 5.10 Å². The van der Waals surface area contributed by atoms with Gasteiger partial charge in [0, 0.05) is 5.02 Å². The van der Waals surface area contributed by atoms with Crippen LogP contribution >= 0.6 is 23.2 Å². The first kappa shape index (κ1) is 17.5. The van der Waals surface area contributed by atoms with Gasteiger partial charge in [0.2, 0.25) is 0 Å². The van der Waals surface area contributed by atoms with Gasteiger partial charge in [0.1, 0.15) is 0 Å². The number of hydrogen-bond acceptors (Lipinski definition) is 2. The Hall–Kier alpha value is -2.30. The lowest BCUT2D eigenvalue weighted by molar-refractivity contribution is 0.102. The van der Waals surface area contributed by atoms with Crippen LogP contribution in [-0.2, 0) is 6.54 Å². The Balaban J connectivity index is 1.86. The summed E-state index contributed by atoms with van der Waals surface area (Å²) in [7, 11) is 0. The molecule has 0 aliphatic carbocycles. The lowest BCUT2D eigenvalue weighted by atomic mass is 10.2.